The summed E-state index contributed by atoms with van der Waals surface area (Å²) in [6.07, 6.45) is 0. The monoisotopic (exact) mass is 700 g/mol. The van der Waals surface area contributed by atoms with Crippen LogP contribution in [0.1, 0.15) is 72.2 Å². The van der Waals surface area contributed by atoms with Gasteiger partial charge in [-0.2, -0.15) is 0 Å². The second kappa shape index (κ2) is 12.4. The zero-order valence-electron chi connectivity index (χ0n) is 32.8. The summed E-state index contributed by atoms with van der Waals surface area (Å²) < 4.78 is 0. The molecule has 266 valence electrons. The van der Waals surface area contributed by atoms with Gasteiger partial charge in [-0.1, -0.05) is 113 Å². The molecule has 7 aromatic rings. The third-order valence-electron chi connectivity index (χ3n) is 12.2. The van der Waals surface area contributed by atoms with Crippen LogP contribution in [0, 0.1) is 27.7 Å². The van der Waals surface area contributed by atoms with E-state index >= 15 is 0 Å². The molecule has 0 saturated carbocycles. The fraction of sp³-hybridized carbons (Fsp3) is 0.192. The van der Waals surface area contributed by atoms with Gasteiger partial charge in [-0.25, -0.2) is 0 Å². The van der Waals surface area contributed by atoms with Gasteiger partial charge in [0.2, 0.25) is 0 Å². The predicted octanol–water partition coefficient (Wildman–Crippen LogP) is 14.5. The maximum atomic E-state index is 2.48. The Labute approximate surface area is 321 Å². The average Bonchev–Trinajstić information content (AvgIpc) is 3.54. The molecule has 2 heteroatoms. The molecule has 0 spiro atoms. The largest absolute Gasteiger partial charge is 0.310 e. The van der Waals surface area contributed by atoms with E-state index in [9.17, 15) is 0 Å². The summed E-state index contributed by atoms with van der Waals surface area (Å²) in [5.74, 6) is 0. The third kappa shape index (κ3) is 5.00. The first-order valence-corrected chi connectivity index (χ1v) is 19.3. The lowest BCUT2D eigenvalue weighted by molar-refractivity contribution is 0.601. The molecule has 0 bridgehead atoms. The van der Waals surface area contributed by atoms with Crippen molar-refractivity contribution in [1.29, 1.82) is 0 Å². The van der Waals surface area contributed by atoms with Gasteiger partial charge in [0.1, 0.15) is 0 Å². The summed E-state index contributed by atoms with van der Waals surface area (Å²) in [6.45, 7) is 18.8. The van der Waals surface area contributed by atoms with E-state index in [-0.39, 0.29) is 10.8 Å². The van der Waals surface area contributed by atoms with Gasteiger partial charge in [0, 0.05) is 45.0 Å². The van der Waals surface area contributed by atoms with Crippen LogP contribution in [0.15, 0.2) is 146 Å². The first-order chi connectivity index (χ1) is 26.0. The molecular formula is C52H48N2. The quantitative estimate of drug-likeness (QED) is 0.170. The van der Waals surface area contributed by atoms with E-state index in [2.05, 4.69) is 211 Å². The van der Waals surface area contributed by atoms with E-state index in [0.717, 1.165) is 0 Å². The molecule has 0 amide bonds. The number of anilines is 6. The first-order valence-electron chi connectivity index (χ1n) is 19.3. The molecule has 0 heterocycles. The van der Waals surface area contributed by atoms with Crippen molar-refractivity contribution in [3.8, 4) is 22.3 Å². The number of benzene rings is 7. The molecule has 0 aliphatic heterocycles. The van der Waals surface area contributed by atoms with Gasteiger partial charge in [-0.15, -0.1) is 0 Å². The topological polar surface area (TPSA) is 6.48 Å². The van der Waals surface area contributed by atoms with E-state index in [0.29, 0.717) is 0 Å². The first kappa shape index (κ1) is 33.9. The number of hydrogen-bond donors (Lipinski definition) is 0. The van der Waals surface area contributed by atoms with Crippen molar-refractivity contribution < 1.29 is 0 Å². The lowest BCUT2D eigenvalue weighted by atomic mass is 9.72. The minimum Gasteiger partial charge on any atom is -0.310 e. The molecule has 54 heavy (non-hydrogen) atoms. The third-order valence-corrected chi connectivity index (χ3v) is 12.2. The Morgan fingerprint density at radius 1 is 0.352 bits per heavy atom. The number of hydrogen-bond acceptors (Lipinski definition) is 2. The van der Waals surface area contributed by atoms with Crippen LogP contribution in [0.25, 0.3) is 22.3 Å². The van der Waals surface area contributed by atoms with Gasteiger partial charge in [0.05, 0.1) is 0 Å². The van der Waals surface area contributed by atoms with Crippen molar-refractivity contribution >= 4 is 34.1 Å². The maximum absolute atomic E-state index is 2.48. The lowest BCUT2D eigenvalue weighted by Gasteiger charge is -2.32. The smallest absolute Gasteiger partial charge is 0.0490 e. The molecule has 2 nitrogen and oxygen atoms in total. The van der Waals surface area contributed by atoms with Gasteiger partial charge in [0.15, 0.2) is 0 Å². The molecule has 9 rings (SSSR count). The number of nitrogens with zero attached hydrogens (tertiary/aromatic N) is 2. The second-order valence-electron chi connectivity index (χ2n) is 16.4. The number of para-hydroxylation sites is 4. The van der Waals surface area contributed by atoms with Crippen LogP contribution in [-0.2, 0) is 10.8 Å². The summed E-state index contributed by atoms with van der Waals surface area (Å²) in [5, 5.41) is 0. The van der Waals surface area contributed by atoms with Crippen LogP contribution < -0.4 is 9.80 Å². The molecular weight excluding hydrogens is 653 g/mol. The minimum atomic E-state index is -0.210. The van der Waals surface area contributed by atoms with Crippen molar-refractivity contribution in [2.24, 2.45) is 0 Å². The van der Waals surface area contributed by atoms with Gasteiger partial charge < -0.3 is 9.80 Å². The van der Waals surface area contributed by atoms with Crippen molar-refractivity contribution in [1.82, 2.24) is 0 Å². The van der Waals surface area contributed by atoms with E-state index in [1.165, 1.54) is 101 Å². The van der Waals surface area contributed by atoms with Gasteiger partial charge in [-0.3, -0.25) is 0 Å². The van der Waals surface area contributed by atoms with Gasteiger partial charge in [0.25, 0.3) is 0 Å². The minimum absolute atomic E-state index is 0.210. The van der Waals surface area contributed by atoms with Gasteiger partial charge in [-0.05, 0) is 155 Å². The van der Waals surface area contributed by atoms with E-state index in [1.54, 1.807) is 0 Å². The zero-order valence-corrected chi connectivity index (χ0v) is 32.8. The van der Waals surface area contributed by atoms with Crippen LogP contribution in [-0.4, -0.2) is 0 Å². The average molecular weight is 701 g/mol. The molecule has 0 N–H and O–H groups in total. The highest BCUT2D eigenvalue weighted by molar-refractivity contribution is 5.95. The van der Waals surface area contributed by atoms with Crippen LogP contribution in [0.4, 0.5) is 34.1 Å². The fourth-order valence-corrected chi connectivity index (χ4v) is 9.72. The van der Waals surface area contributed by atoms with Gasteiger partial charge >= 0.3 is 0 Å². The highest BCUT2D eigenvalue weighted by Gasteiger charge is 2.47. The Bertz CT molecular complexity index is 2410. The SMILES string of the molecule is Cc1ccccc1N(c1ccccc1)c1cc(C)c2c(c1)C(C)(C)c1c-2ccc2c1C(C)(C)c1cc(N(c3ccccc3)c3ccccc3C)cc(C)c1-2. The Balaban J connectivity index is 1.21. The summed E-state index contributed by atoms with van der Waals surface area (Å²) >= 11 is 0. The van der Waals surface area contributed by atoms with Crippen molar-refractivity contribution in [2.75, 3.05) is 9.80 Å². The number of rotatable bonds is 6. The molecule has 0 aromatic heterocycles. The normalized spacial score (nSPS) is 14.2. The highest BCUT2D eigenvalue weighted by atomic mass is 15.1. The van der Waals surface area contributed by atoms with E-state index in [4.69, 9.17) is 0 Å². The predicted molar refractivity (Wildman–Crippen MR) is 230 cm³/mol. The van der Waals surface area contributed by atoms with Crippen molar-refractivity contribution in [2.45, 2.75) is 66.2 Å². The Hall–Kier alpha value is -5.86. The molecule has 0 atom stereocenters. The lowest BCUT2D eigenvalue weighted by Crippen LogP contribution is -2.24. The Morgan fingerprint density at radius 2 is 0.704 bits per heavy atom. The second-order valence-corrected chi connectivity index (χ2v) is 16.4. The summed E-state index contributed by atoms with van der Waals surface area (Å²) in [7, 11) is 0. The molecule has 2 aliphatic carbocycles. The highest BCUT2D eigenvalue weighted by Crippen LogP contribution is 2.61. The molecule has 0 fully saturated rings. The summed E-state index contributed by atoms with van der Waals surface area (Å²) in [4.78, 5) is 4.87. The standard InChI is InChI=1S/C52H48N2/c1-33-19-15-17-25-45(33)53(37-21-11-9-12-22-37)39-29-35(3)47-41-27-28-42-48-36(4)30-40(54(38-23-13-10-14-24-38)46-26-18-16-20-34(46)2)32-44(48)52(7,8)50(42)49(41)51(5,6)43(47)31-39/h9-32H,1-8H3. The van der Waals surface area contributed by atoms with Crippen molar-refractivity contribution in [3.63, 3.8) is 0 Å². The van der Waals surface area contributed by atoms with E-state index in [1.807, 2.05) is 0 Å². The zero-order chi connectivity index (χ0) is 37.5. The molecule has 0 saturated heterocycles. The molecule has 2 aliphatic rings. The van der Waals surface area contributed by atoms with Crippen LogP contribution in [0.5, 0.6) is 0 Å². The van der Waals surface area contributed by atoms with Crippen LogP contribution >= 0.6 is 0 Å². The maximum Gasteiger partial charge on any atom is 0.0490 e. The Morgan fingerprint density at radius 3 is 1.07 bits per heavy atom. The number of fused-ring (bicyclic) bond motifs is 7. The molecule has 0 radical (unpaired) electrons. The molecule has 0 unspecified atom stereocenters. The number of aryl methyl sites for hydroxylation is 4. The Kier molecular flexibility index (Phi) is 7.76. The fourth-order valence-electron chi connectivity index (χ4n) is 9.72. The van der Waals surface area contributed by atoms with Crippen LogP contribution in [0.3, 0.4) is 0 Å². The van der Waals surface area contributed by atoms with Crippen molar-refractivity contribution in [3.05, 3.63) is 190 Å². The summed E-state index contributed by atoms with van der Waals surface area (Å²) in [5.41, 5.74) is 23.1. The summed E-state index contributed by atoms with van der Waals surface area (Å²) in [6, 6.07) is 53.7. The molecule has 7 aromatic carbocycles. The van der Waals surface area contributed by atoms with Crippen LogP contribution in [0.2, 0.25) is 0 Å². The van der Waals surface area contributed by atoms with E-state index < -0.39 is 0 Å².